The first-order chi connectivity index (χ1) is 11.3. The van der Waals surface area contributed by atoms with Crippen molar-refractivity contribution in [1.29, 1.82) is 0 Å². The van der Waals surface area contributed by atoms with Gasteiger partial charge in [-0.1, -0.05) is 30.9 Å². The van der Waals surface area contributed by atoms with Gasteiger partial charge < -0.3 is 10.1 Å². The zero-order valence-corrected chi connectivity index (χ0v) is 15.4. The van der Waals surface area contributed by atoms with Gasteiger partial charge in [0.15, 0.2) is 0 Å². The van der Waals surface area contributed by atoms with Gasteiger partial charge in [0.05, 0.1) is 13.2 Å². The van der Waals surface area contributed by atoms with E-state index < -0.39 is 16.1 Å². The van der Waals surface area contributed by atoms with Gasteiger partial charge in [0.25, 0.3) is 0 Å². The maximum atomic E-state index is 12.5. The second-order valence-corrected chi connectivity index (χ2v) is 8.10. The lowest BCUT2D eigenvalue weighted by atomic mass is 9.95. The van der Waals surface area contributed by atoms with Crippen molar-refractivity contribution in [2.45, 2.75) is 56.0 Å². The molecule has 2 N–H and O–H groups in total. The quantitative estimate of drug-likeness (QED) is 0.801. The summed E-state index contributed by atoms with van der Waals surface area (Å²) in [7, 11) is -2.55. The van der Waals surface area contributed by atoms with Crippen LogP contribution < -0.4 is 14.8 Å². The van der Waals surface area contributed by atoms with Crippen LogP contribution in [0.5, 0.6) is 5.75 Å². The van der Waals surface area contributed by atoms with E-state index in [9.17, 15) is 13.2 Å². The van der Waals surface area contributed by atoms with E-state index in [1.165, 1.54) is 32.6 Å². The summed E-state index contributed by atoms with van der Waals surface area (Å²) in [5, 5.41) is 3.18. The number of carbonyl (C=O) groups excluding carboxylic acids is 1. The number of nitrogens with one attached hydrogen (secondary N) is 2. The molecule has 24 heavy (non-hydrogen) atoms. The van der Waals surface area contributed by atoms with Crippen LogP contribution in [0.2, 0.25) is 5.02 Å². The fraction of sp³-hybridized carbons (Fsp3) is 0.562. The second-order valence-electron chi connectivity index (χ2n) is 5.98. The predicted octanol–water partition coefficient (Wildman–Crippen LogP) is 2.46. The molecular weight excluding hydrogens is 352 g/mol. The largest absolute Gasteiger partial charge is 0.495 e. The summed E-state index contributed by atoms with van der Waals surface area (Å²) in [6, 6.07) is 3.55. The Labute approximate surface area is 148 Å². The van der Waals surface area contributed by atoms with E-state index in [-0.39, 0.29) is 27.6 Å². The number of benzene rings is 1. The van der Waals surface area contributed by atoms with E-state index in [1.807, 2.05) is 0 Å². The standard InChI is InChI=1S/C16H23ClN2O4S/c1-11(16(20)18-13-6-4-3-5-7-13)19-24(21,22)15-10-12(17)8-9-14(15)23-2/h8-11,13,19H,3-7H2,1-2H3,(H,18,20)/t11-/m0/s1. The summed E-state index contributed by atoms with van der Waals surface area (Å²) in [4.78, 5) is 12.2. The topological polar surface area (TPSA) is 84.5 Å². The molecule has 0 saturated heterocycles. The fourth-order valence-corrected chi connectivity index (χ4v) is 4.42. The number of carbonyl (C=O) groups is 1. The van der Waals surface area contributed by atoms with Gasteiger partial charge in [-0.25, -0.2) is 8.42 Å². The molecule has 1 aliphatic rings. The van der Waals surface area contributed by atoms with E-state index >= 15 is 0 Å². The Hall–Kier alpha value is -1.31. The van der Waals surface area contributed by atoms with Crippen molar-refractivity contribution in [1.82, 2.24) is 10.0 Å². The smallest absolute Gasteiger partial charge is 0.245 e. The van der Waals surface area contributed by atoms with Gasteiger partial charge in [0.2, 0.25) is 15.9 Å². The average molecular weight is 375 g/mol. The fourth-order valence-electron chi connectivity index (χ4n) is 2.78. The van der Waals surface area contributed by atoms with Gasteiger partial charge in [-0.3, -0.25) is 4.79 Å². The van der Waals surface area contributed by atoms with Crippen LogP contribution in [0.15, 0.2) is 23.1 Å². The highest BCUT2D eigenvalue weighted by Gasteiger charge is 2.26. The van der Waals surface area contributed by atoms with Crippen LogP contribution in [0.3, 0.4) is 0 Å². The van der Waals surface area contributed by atoms with Crippen LogP contribution in [0.25, 0.3) is 0 Å². The molecule has 1 saturated carbocycles. The Morgan fingerprint density at radius 1 is 1.29 bits per heavy atom. The molecule has 8 heteroatoms. The van der Waals surface area contributed by atoms with Gasteiger partial charge >= 0.3 is 0 Å². The van der Waals surface area contributed by atoms with Crippen LogP contribution in [-0.4, -0.2) is 33.5 Å². The monoisotopic (exact) mass is 374 g/mol. The molecule has 0 unspecified atom stereocenters. The van der Waals surface area contributed by atoms with Crippen LogP contribution in [0.4, 0.5) is 0 Å². The number of hydrogen-bond acceptors (Lipinski definition) is 4. The molecule has 2 rings (SSSR count). The molecular formula is C16H23ClN2O4S. The van der Waals surface area contributed by atoms with Crippen LogP contribution >= 0.6 is 11.6 Å². The molecule has 6 nitrogen and oxygen atoms in total. The van der Waals surface area contributed by atoms with E-state index in [0.29, 0.717) is 0 Å². The second kappa shape index (κ2) is 8.18. The van der Waals surface area contributed by atoms with E-state index in [4.69, 9.17) is 16.3 Å². The number of methoxy groups -OCH3 is 1. The third-order valence-corrected chi connectivity index (χ3v) is 5.89. The van der Waals surface area contributed by atoms with Crippen molar-refractivity contribution >= 4 is 27.5 Å². The molecule has 1 aromatic carbocycles. The summed E-state index contributed by atoms with van der Waals surface area (Å²) in [6.07, 6.45) is 5.24. The highest BCUT2D eigenvalue weighted by Crippen LogP contribution is 2.27. The van der Waals surface area contributed by atoms with Crippen LogP contribution in [0, 0.1) is 0 Å². The summed E-state index contributed by atoms with van der Waals surface area (Å²) < 4.78 is 32.5. The Morgan fingerprint density at radius 3 is 2.58 bits per heavy atom. The van der Waals surface area contributed by atoms with Crippen molar-refractivity contribution in [3.8, 4) is 5.75 Å². The molecule has 0 heterocycles. The van der Waals surface area contributed by atoms with Crippen LogP contribution in [0.1, 0.15) is 39.0 Å². The molecule has 134 valence electrons. The van der Waals surface area contributed by atoms with Gasteiger partial charge in [-0.2, -0.15) is 4.72 Å². The third kappa shape index (κ3) is 4.84. The minimum atomic E-state index is -3.93. The molecule has 0 radical (unpaired) electrons. The van der Waals surface area contributed by atoms with Crippen LogP contribution in [-0.2, 0) is 14.8 Å². The minimum Gasteiger partial charge on any atom is -0.495 e. The summed E-state index contributed by atoms with van der Waals surface area (Å²) in [5.74, 6) is -0.154. The van der Waals surface area contributed by atoms with E-state index in [0.717, 1.165) is 25.7 Å². The van der Waals surface area contributed by atoms with Crippen molar-refractivity contribution < 1.29 is 17.9 Å². The van der Waals surface area contributed by atoms with Gasteiger partial charge in [0.1, 0.15) is 10.6 Å². The molecule has 0 aromatic heterocycles. The Kier molecular flexibility index (Phi) is 6.48. The molecule has 1 atom stereocenters. The zero-order valence-electron chi connectivity index (χ0n) is 13.8. The van der Waals surface area contributed by atoms with E-state index in [2.05, 4.69) is 10.0 Å². The highest BCUT2D eigenvalue weighted by molar-refractivity contribution is 7.89. The first-order valence-corrected chi connectivity index (χ1v) is 9.86. The van der Waals surface area contributed by atoms with Crippen molar-refractivity contribution in [2.24, 2.45) is 0 Å². The third-order valence-electron chi connectivity index (χ3n) is 4.09. The number of rotatable bonds is 6. The lowest BCUT2D eigenvalue weighted by Gasteiger charge is -2.24. The summed E-state index contributed by atoms with van der Waals surface area (Å²) in [6.45, 7) is 1.52. The maximum absolute atomic E-state index is 12.5. The van der Waals surface area contributed by atoms with Crippen molar-refractivity contribution in [3.05, 3.63) is 23.2 Å². The lowest BCUT2D eigenvalue weighted by Crippen LogP contribution is -2.48. The first kappa shape index (κ1) is 19.0. The number of amides is 1. The Morgan fingerprint density at radius 2 is 1.96 bits per heavy atom. The maximum Gasteiger partial charge on any atom is 0.245 e. The molecule has 0 aliphatic heterocycles. The summed E-state index contributed by atoms with van der Waals surface area (Å²) in [5.41, 5.74) is 0. The predicted molar refractivity (Wildman–Crippen MR) is 92.8 cm³/mol. The average Bonchev–Trinajstić information content (AvgIpc) is 2.55. The summed E-state index contributed by atoms with van der Waals surface area (Å²) >= 11 is 5.88. The molecule has 0 bridgehead atoms. The van der Waals surface area contributed by atoms with Gasteiger partial charge in [-0.05, 0) is 38.0 Å². The molecule has 1 amide bonds. The first-order valence-electron chi connectivity index (χ1n) is 7.99. The van der Waals surface area contributed by atoms with Crippen molar-refractivity contribution in [3.63, 3.8) is 0 Å². The molecule has 1 fully saturated rings. The minimum absolute atomic E-state index is 0.0881. The Balaban J connectivity index is 2.07. The van der Waals surface area contributed by atoms with Gasteiger partial charge in [-0.15, -0.1) is 0 Å². The van der Waals surface area contributed by atoms with Crippen molar-refractivity contribution in [2.75, 3.05) is 7.11 Å². The number of hydrogen-bond donors (Lipinski definition) is 2. The van der Waals surface area contributed by atoms with E-state index in [1.54, 1.807) is 6.07 Å². The normalized spacial score (nSPS) is 17.3. The zero-order chi connectivity index (χ0) is 17.7. The molecule has 1 aromatic rings. The highest BCUT2D eigenvalue weighted by atomic mass is 35.5. The molecule has 0 spiro atoms. The number of halogens is 1. The van der Waals surface area contributed by atoms with Gasteiger partial charge in [0, 0.05) is 11.1 Å². The number of ether oxygens (including phenoxy) is 1. The lowest BCUT2D eigenvalue weighted by molar-refractivity contribution is -0.123. The SMILES string of the molecule is COc1ccc(Cl)cc1S(=O)(=O)N[C@@H](C)C(=O)NC1CCCCC1. The Bertz CT molecular complexity index is 687. The molecule has 1 aliphatic carbocycles. The number of sulfonamides is 1.